The van der Waals surface area contributed by atoms with Crippen LogP contribution in [0, 0.1) is 0 Å². The van der Waals surface area contributed by atoms with Crippen molar-refractivity contribution in [1.29, 1.82) is 0 Å². The molecule has 0 bridgehead atoms. The van der Waals surface area contributed by atoms with Crippen LogP contribution in [0.25, 0.3) is 0 Å². The maximum Gasteiger partial charge on any atom is 0.336 e. The normalized spacial score (nSPS) is 19.5. The minimum atomic E-state index is -0.896. The molecule has 4 amide bonds. The quantitative estimate of drug-likeness (QED) is 0.612. The molecule has 2 fully saturated rings. The zero-order valence-electron chi connectivity index (χ0n) is 10.7. The first-order chi connectivity index (χ1) is 9.66. The van der Waals surface area contributed by atoms with Crippen LogP contribution in [0.1, 0.15) is 0 Å². The second-order valence-corrected chi connectivity index (χ2v) is 4.52. The Balaban J connectivity index is 1.81. The minimum absolute atomic E-state index is 0.385. The molecule has 0 spiro atoms. The van der Waals surface area contributed by atoms with Crippen LogP contribution in [0.4, 0.5) is 16.2 Å². The van der Waals surface area contributed by atoms with Crippen molar-refractivity contribution in [3.05, 3.63) is 24.3 Å². The van der Waals surface area contributed by atoms with E-state index in [1.54, 1.807) is 12.1 Å². The molecule has 0 aliphatic carbocycles. The van der Waals surface area contributed by atoms with E-state index in [2.05, 4.69) is 4.90 Å². The van der Waals surface area contributed by atoms with Crippen molar-refractivity contribution in [3.8, 4) is 0 Å². The van der Waals surface area contributed by atoms with Gasteiger partial charge in [-0.05, 0) is 24.3 Å². The average molecular weight is 275 g/mol. The molecule has 3 rings (SSSR count). The Morgan fingerprint density at radius 3 is 2.10 bits per heavy atom. The van der Waals surface area contributed by atoms with Gasteiger partial charge in [0, 0.05) is 18.8 Å². The standard InChI is InChI=1S/C13H13N3O4/c17-11-12(18)16(13(19)14-11)10-3-1-9(2-4-10)15-5-7-20-8-6-15/h1-4H,5-8H2,(H,14,17,19). The summed E-state index contributed by atoms with van der Waals surface area (Å²) in [6.45, 7) is 2.98. The first kappa shape index (κ1) is 12.6. The number of hydrogen-bond donors (Lipinski definition) is 1. The number of carbonyl (C=O) groups is 3. The highest BCUT2D eigenvalue weighted by molar-refractivity contribution is 6.53. The van der Waals surface area contributed by atoms with E-state index in [1.165, 1.54) is 0 Å². The number of ether oxygens (including phenoxy) is 1. The maximum absolute atomic E-state index is 11.6. The molecule has 20 heavy (non-hydrogen) atoms. The first-order valence-electron chi connectivity index (χ1n) is 6.29. The van der Waals surface area contributed by atoms with Gasteiger partial charge in [0.2, 0.25) is 0 Å². The summed E-state index contributed by atoms with van der Waals surface area (Å²) in [4.78, 5) is 37.2. The Morgan fingerprint density at radius 1 is 0.950 bits per heavy atom. The Morgan fingerprint density at radius 2 is 1.55 bits per heavy atom. The van der Waals surface area contributed by atoms with Crippen molar-refractivity contribution in [2.24, 2.45) is 0 Å². The molecule has 0 atom stereocenters. The van der Waals surface area contributed by atoms with Gasteiger partial charge in [0.1, 0.15) is 0 Å². The Hall–Kier alpha value is -2.41. The predicted octanol–water partition coefficient (Wildman–Crippen LogP) is 0.106. The number of rotatable bonds is 2. The van der Waals surface area contributed by atoms with Gasteiger partial charge in [0.05, 0.1) is 18.9 Å². The topological polar surface area (TPSA) is 79.0 Å². The summed E-state index contributed by atoms with van der Waals surface area (Å²) in [6, 6.07) is 6.24. The molecule has 0 radical (unpaired) electrons. The summed E-state index contributed by atoms with van der Waals surface area (Å²) in [6.07, 6.45) is 0. The summed E-state index contributed by atoms with van der Waals surface area (Å²) >= 11 is 0. The fraction of sp³-hybridized carbons (Fsp3) is 0.308. The van der Waals surface area contributed by atoms with Gasteiger partial charge in [-0.2, -0.15) is 0 Å². The number of imide groups is 2. The molecule has 1 N–H and O–H groups in total. The lowest BCUT2D eigenvalue weighted by Gasteiger charge is -2.29. The molecule has 2 aliphatic heterocycles. The van der Waals surface area contributed by atoms with Crippen molar-refractivity contribution in [3.63, 3.8) is 0 Å². The third kappa shape index (κ3) is 2.12. The molecule has 0 aromatic heterocycles. The number of benzene rings is 1. The van der Waals surface area contributed by atoms with E-state index in [0.29, 0.717) is 18.9 Å². The fourth-order valence-corrected chi connectivity index (χ4v) is 2.27. The maximum atomic E-state index is 11.6. The molecule has 2 saturated heterocycles. The fourth-order valence-electron chi connectivity index (χ4n) is 2.27. The van der Waals surface area contributed by atoms with Crippen LogP contribution in [-0.2, 0) is 14.3 Å². The van der Waals surface area contributed by atoms with Gasteiger partial charge >= 0.3 is 17.8 Å². The van der Waals surface area contributed by atoms with Crippen LogP contribution in [0.2, 0.25) is 0 Å². The number of nitrogens with zero attached hydrogens (tertiary/aromatic N) is 2. The second kappa shape index (κ2) is 4.93. The summed E-state index contributed by atoms with van der Waals surface area (Å²) < 4.78 is 5.28. The van der Waals surface area contributed by atoms with Crippen molar-refractivity contribution in [2.75, 3.05) is 36.1 Å². The summed E-state index contributed by atoms with van der Waals surface area (Å²) in [5, 5.41) is 1.96. The Kier molecular flexibility index (Phi) is 3.11. The summed E-state index contributed by atoms with van der Waals surface area (Å²) in [5.74, 6) is -1.75. The van der Waals surface area contributed by atoms with Gasteiger partial charge < -0.3 is 9.64 Å². The number of urea groups is 1. The molecule has 0 unspecified atom stereocenters. The zero-order valence-corrected chi connectivity index (χ0v) is 10.7. The number of anilines is 2. The zero-order chi connectivity index (χ0) is 14.1. The van der Waals surface area contributed by atoms with Crippen molar-refractivity contribution >= 4 is 29.2 Å². The second-order valence-electron chi connectivity index (χ2n) is 4.52. The SMILES string of the molecule is O=C1NC(=O)N(c2ccc(N3CCOCC3)cc2)C1=O. The lowest BCUT2D eigenvalue weighted by molar-refractivity contribution is -0.134. The van der Waals surface area contributed by atoms with E-state index >= 15 is 0 Å². The molecule has 2 heterocycles. The van der Waals surface area contributed by atoms with E-state index in [1.807, 2.05) is 17.4 Å². The third-order valence-corrected chi connectivity index (χ3v) is 3.31. The van der Waals surface area contributed by atoms with Gasteiger partial charge in [-0.1, -0.05) is 0 Å². The molecule has 7 nitrogen and oxygen atoms in total. The van der Waals surface area contributed by atoms with Crippen LogP contribution in [0.15, 0.2) is 24.3 Å². The molecule has 1 aromatic carbocycles. The largest absolute Gasteiger partial charge is 0.378 e. The lowest BCUT2D eigenvalue weighted by atomic mass is 10.2. The number of carbonyl (C=O) groups excluding carboxylic acids is 3. The average Bonchev–Trinajstić information content (AvgIpc) is 2.73. The van der Waals surface area contributed by atoms with Crippen LogP contribution >= 0.6 is 0 Å². The summed E-state index contributed by atoms with van der Waals surface area (Å²) in [7, 11) is 0. The Bertz CT molecular complexity index is 563. The number of nitrogens with one attached hydrogen (secondary N) is 1. The van der Waals surface area contributed by atoms with Crippen molar-refractivity contribution in [2.45, 2.75) is 0 Å². The van der Waals surface area contributed by atoms with Crippen LogP contribution in [-0.4, -0.2) is 44.1 Å². The third-order valence-electron chi connectivity index (χ3n) is 3.31. The van der Waals surface area contributed by atoms with Gasteiger partial charge in [0.15, 0.2) is 0 Å². The molecule has 1 aromatic rings. The van der Waals surface area contributed by atoms with Crippen molar-refractivity contribution < 1.29 is 19.1 Å². The Labute approximate surface area is 115 Å². The van der Waals surface area contributed by atoms with Gasteiger partial charge in [0.25, 0.3) is 0 Å². The van der Waals surface area contributed by atoms with Crippen LogP contribution in [0.3, 0.4) is 0 Å². The lowest BCUT2D eigenvalue weighted by Crippen LogP contribution is -2.36. The molecule has 0 saturated carbocycles. The van der Waals surface area contributed by atoms with Gasteiger partial charge in [-0.15, -0.1) is 0 Å². The van der Waals surface area contributed by atoms with E-state index in [-0.39, 0.29) is 0 Å². The molecule has 2 aliphatic rings. The van der Waals surface area contributed by atoms with E-state index in [9.17, 15) is 14.4 Å². The monoisotopic (exact) mass is 275 g/mol. The smallest absolute Gasteiger partial charge is 0.336 e. The van der Waals surface area contributed by atoms with Gasteiger partial charge in [-0.3, -0.25) is 14.9 Å². The highest BCUT2D eigenvalue weighted by Gasteiger charge is 2.37. The minimum Gasteiger partial charge on any atom is -0.378 e. The van der Waals surface area contributed by atoms with Crippen LogP contribution in [0.5, 0.6) is 0 Å². The number of amides is 4. The summed E-state index contributed by atoms with van der Waals surface area (Å²) in [5.41, 5.74) is 1.38. The highest BCUT2D eigenvalue weighted by Crippen LogP contribution is 2.23. The first-order valence-corrected chi connectivity index (χ1v) is 6.29. The van der Waals surface area contributed by atoms with Crippen LogP contribution < -0.4 is 15.1 Å². The van der Waals surface area contributed by atoms with E-state index in [0.717, 1.165) is 23.7 Å². The van der Waals surface area contributed by atoms with Crippen molar-refractivity contribution in [1.82, 2.24) is 5.32 Å². The molecular weight excluding hydrogens is 262 g/mol. The van der Waals surface area contributed by atoms with E-state index < -0.39 is 17.8 Å². The van der Waals surface area contributed by atoms with E-state index in [4.69, 9.17) is 4.74 Å². The molecule has 7 heteroatoms. The predicted molar refractivity (Wildman–Crippen MR) is 70.5 cm³/mol. The highest BCUT2D eigenvalue weighted by atomic mass is 16.5. The number of morpholine rings is 1. The number of hydrogen-bond acceptors (Lipinski definition) is 5. The molecule has 104 valence electrons. The van der Waals surface area contributed by atoms with Gasteiger partial charge in [-0.25, -0.2) is 9.69 Å². The molecular formula is C13H13N3O4.